The van der Waals surface area contributed by atoms with Crippen molar-refractivity contribution in [2.75, 3.05) is 6.26 Å². The summed E-state index contributed by atoms with van der Waals surface area (Å²) < 4.78 is 5.97. The van der Waals surface area contributed by atoms with Gasteiger partial charge in [-0.2, -0.15) is 12.6 Å². The average Bonchev–Trinajstić information content (AvgIpc) is 3.64. The maximum Gasteiger partial charge on any atom is 0.0599 e. The molecular weight excluding hydrogens is 577 g/mol. The Morgan fingerprint density at radius 2 is 1.16 bits per heavy atom. The number of thioether (sulfide) groups is 1. The Kier molecular flexibility index (Phi) is 4.97. The largest absolute Gasteiger partial charge is 0.174 e. The Labute approximate surface area is 249 Å². The minimum absolute atomic E-state index is 0.0171. The van der Waals surface area contributed by atoms with Gasteiger partial charge in [-0.05, 0) is 69.8 Å². The van der Waals surface area contributed by atoms with Gasteiger partial charge in [0.25, 0.3) is 0 Å². The van der Waals surface area contributed by atoms with Gasteiger partial charge in [0.2, 0.25) is 0 Å². The molecule has 4 aromatic heterocycles. The first-order valence-corrected chi connectivity index (χ1v) is 18.1. The van der Waals surface area contributed by atoms with Crippen LogP contribution in [-0.2, 0) is 16.6 Å². The van der Waals surface area contributed by atoms with Crippen molar-refractivity contribution in [1.29, 1.82) is 0 Å². The second-order valence-corrected chi connectivity index (χ2v) is 17.4. The van der Waals surface area contributed by atoms with Crippen LogP contribution in [-0.4, -0.2) is 6.26 Å². The summed E-state index contributed by atoms with van der Waals surface area (Å²) in [6.07, 6.45) is 2.22. The van der Waals surface area contributed by atoms with Crippen LogP contribution in [0.25, 0.3) is 50.5 Å². The van der Waals surface area contributed by atoms with E-state index in [0.29, 0.717) is 0 Å². The average molecular weight is 605 g/mol. The molecule has 0 atom stereocenters. The molecule has 0 saturated carbocycles. The van der Waals surface area contributed by atoms with Crippen LogP contribution in [0.15, 0.2) is 29.2 Å². The molecule has 0 fully saturated rings. The highest BCUT2D eigenvalue weighted by Gasteiger charge is 2.44. The van der Waals surface area contributed by atoms with Gasteiger partial charge in [0.1, 0.15) is 0 Å². The zero-order chi connectivity index (χ0) is 26.5. The first-order valence-electron chi connectivity index (χ1n) is 13.0. The van der Waals surface area contributed by atoms with Crippen molar-refractivity contribution in [3.63, 3.8) is 0 Å². The van der Waals surface area contributed by atoms with E-state index < -0.39 is 0 Å². The third-order valence-electron chi connectivity index (χ3n) is 9.02. The Morgan fingerprint density at radius 1 is 0.658 bits per heavy atom. The first-order chi connectivity index (χ1) is 18.1. The number of benzene rings is 2. The molecule has 2 aliphatic carbocycles. The van der Waals surface area contributed by atoms with Gasteiger partial charge < -0.3 is 0 Å². The van der Waals surface area contributed by atoms with Gasteiger partial charge in [0, 0.05) is 41.0 Å². The van der Waals surface area contributed by atoms with E-state index >= 15 is 0 Å². The van der Waals surface area contributed by atoms with E-state index in [2.05, 4.69) is 84.7 Å². The van der Waals surface area contributed by atoms with Crippen molar-refractivity contribution < 1.29 is 0 Å². The van der Waals surface area contributed by atoms with E-state index in [0.717, 1.165) is 5.75 Å². The second-order valence-electron chi connectivity index (χ2n) is 11.7. The van der Waals surface area contributed by atoms with Gasteiger partial charge in [-0.25, -0.2) is 0 Å². The van der Waals surface area contributed by atoms with E-state index in [4.69, 9.17) is 0 Å². The molecule has 2 aromatic carbocycles. The summed E-state index contributed by atoms with van der Waals surface area (Å²) in [4.78, 5) is 7.34. The molecule has 0 amide bonds. The summed E-state index contributed by atoms with van der Waals surface area (Å²) in [5.41, 5.74) is 10.4. The number of aryl methyl sites for hydroxylation is 2. The molecule has 0 spiro atoms. The SMILES string of the molecule is CSc1c(C)sc2c3c(sc12)-c1ccc2c4c(ccc2c1C3(C)C)-c1sc2c(CS)c(C)sc2c1C4(C)C. The summed E-state index contributed by atoms with van der Waals surface area (Å²) >= 11 is 14.6. The fourth-order valence-electron chi connectivity index (χ4n) is 7.42. The number of thiophene rings is 4. The molecule has 0 nitrogen and oxygen atoms in total. The Bertz CT molecular complexity index is 1870. The Hall–Kier alpha value is -1.28. The predicted octanol–water partition coefficient (Wildman–Crippen LogP) is 11.8. The lowest BCUT2D eigenvalue weighted by atomic mass is 9.76. The molecule has 0 saturated heterocycles. The van der Waals surface area contributed by atoms with Crippen molar-refractivity contribution in [3.05, 3.63) is 61.8 Å². The highest BCUT2D eigenvalue weighted by Crippen LogP contribution is 2.63. The molecule has 0 unspecified atom stereocenters. The van der Waals surface area contributed by atoms with Crippen LogP contribution < -0.4 is 0 Å². The summed E-state index contributed by atoms with van der Waals surface area (Å²) in [5, 5.41) is 2.89. The van der Waals surface area contributed by atoms with Crippen molar-refractivity contribution in [3.8, 4) is 20.9 Å². The van der Waals surface area contributed by atoms with Gasteiger partial charge in [-0.15, -0.1) is 57.1 Å². The van der Waals surface area contributed by atoms with E-state index in [-0.39, 0.29) is 10.8 Å². The molecule has 192 valence electrons. The fourth-order valence-corrected chi connectivity index (χ4v) is 15.5. The van der Waals surface area contributed by atoms with Crippen molar-refractivity contribution >= 4 is 99.3 Å². The van der Waals surface area contributed by atoms with Crippen LogP contribution in [0.1, 0.15) is 65.3 Å². The zero-order valence-electron chi connectivity index (χ0n) is 22.5. The summed E-state index contributed by atoms with van der Waals surface area (Å²) in [7, 11) is 0. The standard InChI is InChI=1S/C32H28S6/c1-13-19(12-33)27-28(35-13)22-25(37-27)17-10-8-16-15(20(17)31(22,3)4)9-11-18-21(16)32(5,6)23-26(18)38-30-24(34-7)14(2)36-29(23)30/h8-11,33H,12H2,1-7H3. The maximum atomic E-state index is 4.68. The number of hydrogen-bond donors (Lipinski definition) is 1. The fraction of sp³-hybridized carbons (Fsp3) is 0.312. The number of rotatable bonds is 2. The molecule has 2 aliphatic rings. The first kappa shape index (κ1) is 24.5. The van der Waals surface area contributed by atoms with Gasteiger partial charge in [0.05, 0.1) is 18.8 Å². The summed E-state index contributed by atoms with van der Waals surface area (Å²) in [6, 6.07) is 9.78. The van der Waals surface area contributed by atoms with Crippen LogP contribution in [0, 0.1) is 13.8 Å². The van der Waals surface area contributed by atoms with Crippen molar-refractivity contribution in [2.24, 2.45) is 0 Å². The van der Waals surface area contributed by atoms with Crippen molar-refractivity contribution in [1.82, 2.24) is 0 Å². The lowest BCUT2D eigenvalue weighted by Gasteiger charge is -2.26. The van der Waals surface area contributed by atoms with Gasteiger partial charge in [-0.1, -0.05) is 52.0 Å². The molecule has 0 radical (unpaired) electrons. The van der Waals surface area contributed by atoms with Crippen LogP contribution in [0.3, 0.4) is 0 Å². The lowest BCUT2D eigenvalue weighted by Crippen LogP contribution is -2.17. The molecule has 0 aliphatic heterocycles. The van der Waals surface area contributed by atoms with Gasteiger partial charge in [0.15, 0.2) is 0 Å². The molecule has 8 rings (SSSR count). The quantitative estimate of drug-likeness (QED) is 0.151. The van der Waals surface area contributed by atoms with E-state index in [9.17, 15) is 0 Å². The van der Waals surface area contributed by atoms with Crippen LogP contribution in [0.5, 0.6) is 0 Å². The minimum Gasteiger partial charge on any atom is -0.174 e. The predicted molar refractivity (Wildman–Crippen MR) is 180 cm³/mol. The van der Waals surface area contributed by atoms with Crippen LogP contribution >= 0.6 is 69.7 Å². The number of hydrogen-bond acceptors (Lipinski definition) is 6. The lowest BCUT2D eigenvalue weighted by molar-refractivity contribution is 0.669. The maximum absolute atomic E-state index is 4.68. The Balaban J connectivity index is 1.41. The molecular formula is C32H28S6. The second kappa shape index (κ2) is 7.71. The minimum atomic E-state index is -0.0270. The summed E-state index contributed by atoms with van der Waals surface area (Å²) in [6.45, 7) is 14.4. The molecule has 38 heavy (non-hydrogen) atoms. The highest BCUT2D eigenvalue weighted by molar-refractivity contribution is 7.99. The van der Waals surface area contributed by atoms with E-state index in [1.165, 1.54) is 81.8 Å². The zero-order valence-corrected chi connectivity index (χ0v) is 27.5. The number of thiol groups is 1. The van der Waals surface area contributed by atoms with E-state index in [1.807, 2.05) is 57.1 Å². The normalized spacial score (nSPS) is 16.5. The molecule has 6 heteroatoms. The number of fused-ring (bicyclic) bond motifs is 13. The van der Waals surface area contributed by atoms with Gasteiger partial charge >= 0.3 is 0 Å². The molecule has 0 bridgehead atoms. The van der Waals surface area contributed by atoms with Gasteiger partial charge in [-0.3, -0.25) is 0 Å². The van der Waals surface area contributed by atoms with Crippen LogP contribution in [0.4, 0.5) is 0 Å². The molecule has 4 heterocycles. The summed E-state index contributed by atoms with van der Waals surface area (Å²) in [5.74, 6) is 0.817. The molecule has 6 aromatic rings. The van der Waals surface area contributed by atoms with E-state index in [1.54, 1.807) is 11.1 Å². The topological polar surface area (TPSA) is 0 Å². The smallest absolute Gasteiger partial charge is 0.0599 e. The molecule has 0 N–H and O–H groups in total. The Morgan fingerprint density at radius 3 is 1.68 bits per heavy atom. The third-order valence-corrected chi connectivity index (χ3v) is 15.6. The monoisotopic (exact) mass is 604 g/mol. The third kappa shape index (κ3) is 2.71. The van der Waals surface area contributed by atoms with Crippen LogP contribution in [0.2, 0.25) is 0 Å². The van der Waals surface area contributed by atoms with Crippen molar-refractivity contribution in [2.45, 2.75) is 63.0 Å². The highest BCUT2D eigenvalue weighted by atomic mass is 32.2.